The minimum atomic E-state index is -0.000557. The zero-order valence-corrected chi connectivity index (χ0v) is 19.3. The van der Waals surface area contributed by atoms with Gasteiger partial charge in [0.2, 0.25) is 5.91 Å². The lowest BCUT2D eigenvalue weighted by molar-refractivity contribution is -0.136. The van der Waals surface area contributed by atoms with Gasteiger partial charge in [-0.05, 0) is 62.0 Å². The molecule has 0 aromatic heterocycles. The Kier molecular flexibility index (Phi) is 7.97. The van der Waals surface area contributed by atoms with E-state index in [-0.39, 0.29) is 17.9 Å². The van der Waals surface area contributed by atoms with Crippen LogP contribution < -0.4 is 4.74 Å². The first kappa shape index (κ1) is 23.1. The lowest BCUT2D eigenvalue weighted by Gasteiger charge is -2.40. The summed E-state index contributed by atoms with van der Waals surface area (Å²) >= 11 is 0. The number of carbonyl (C=O) groups is 1. The molecule has 168 valence electrons. The topological polar surface area (TPSA) is 53.0 Å². The van der Waals surface area contributed by atoms with Crippen molar-refractivity contribution in [3.05, 3.63) is 59.7 Å². The van der Waals surface area contributed by atoms with Crippen LogP contribution in [0.3, 0.4) is 0 Å². The minimum absolute atomic E-state index is 0.000557. The van der Waals surface area contributed by atoms with Gasteiger partial charge in [-0.3, -0.25) is 9.69 Å². The molecule has 0 saturated carbocycles. The number of piperidine rings is 1. The van der Waals surface area contributed by atoms with E-state index in [4.69, 9.17) is 4.74 Å². The number of methoxy groups -OCH3 is 1. The number of phenols is 1. The van der Waals surface area contributed by atoms with Crippen LogP contribution in [0, 0.1) is 11.8 Å². The van der Waals surface area contributed by atoms with Gasteiger partial charge in [-0.2, -0.15) is 0 Å². The average Bonchev–Trinajstić information content (AvgIpc) is 2.79. The number of phenolic OH excluding ortho intramolecular Hbond substituents is 1. The van der Waals surface area contributed by atoms with Gasteiger partial charge in [-0.15, -0.1) is 0 Å². The molecule has 1 aliphatic heterocycles. The predicted octanol–water partition coefficient (Wildman–Crippen LogP) is 4.34. The first-order chi connectivity index (χ1) is 14.9. The Balaban J connectivity index is 1.67. The number of nitrogens with zero attached hydrogens (tertiary/aromatic N) is 2. The molecule has 0 unspecified atom stereocenters. The van der Waals surface area contributed by atoms with Crippen LogP contribution in [0.4, 0.5) is 0 Å². The molecule has 1 aliphatic rings. The zero-order valence-electron chi connectivity index (χ0n) is 19.3. The quantitative estimate of drug-likeness (QED) is 0.685. The SMILES string of the molecule is COc1ccc(O)c(CN2CCC([C@@H](Cc3ccccc3)N(C)C(=O)C(C)C)CC2)c1. The van der Waals surface area contributed by atoms with Crippen molar-refractivity contribution in [2.75, 3.05) is 27.2 Å². The summed E-state index contributed by atoms with van der Waals surface area (Å²) in [4.78, 5) is 17.2. The van der Waals surface area contributed by atoms with Gasteiger partial charge in [0.15, 0.2) is 0 Å². The Labute approximate surface area is 186 Å². The van der Waals surface area contributed by atoms with Crippen LogP contribution in [0.1, 0.15) is 37.8 Å². The van der Waals surface area contributed by atoms with Crippen molar-refractivity contribution in [3.8, 4) is 11.5 Å². The summed E-state index contributed by atoms with van der Waals surface area (Å²) in [5.74, 6) is 1.75. The molecular formula is C26H36N2O3. The van der Waals surface area contributed by atoms with Crippen LogP contribution in [0.15, 0.2) is 48.5 Å². The second kappa shape index (κ2) is 10.7. The summed E-state index contributed by atoms with van der Waals surface area (Å²) in [7, 11) is 3.61. The van der Waals surface area contributed by atoms with E-state index in [2.05, 4.69) is 29.2 Å². The maximum Gasteiger partial charge on any atom is 0.225 e. The first-order valence-electron chi connectivity index (χ1n) is 11.3. The van der Waals surface area contributed by atoms with Gasteiger partial charge in [0, 0.05) is 31.1 Å². The van der Waals surface area contributed by atoms with E-state index in [0.29, 0.717) is 18.2 Å². The fourth-order valence-corrected chi connectivity index (χ4v) is 4.60. The lowest BCUT2D eigenvalue weighted by atomic mass is 9.84. The highest BCUT2D eigenvalue weighted by molar-refractivity contribution is 5.78. The summed E-state index contributed by atoms with van der Waals surface area (Å²) < 4.78 is 5.31. The van der Waals surface area contributed by atoms with E-state index >= 15 is 0 Å². The number of ether oxygens (including phenoxy) is 1. The second-order valence-corrected chi connectivity index (χ2v) is 8.97. The third-order valence-corrected chi connectivity index (χ3v) is 6.48. The van der Waals surface area contributed by atoms with Crippen molar-refractivity contribution < 1.29 is 14.6 Å². The number of likely N-dealkylation sites (N-methyl/N-ethyl adjacent to an activating group) is 1. The number of likely N-dealkylation sites (tertiary alicyclic amines) is 1. The molecule has 1 amide bonds. The highest BCUT2D eigenvalue weighted by Gasteiger charge is 2.32. The van der Waals surface area contributed by atoms with Crippen LogP contribution in [-0.2, 0) is 17.8 Å². The second-order valence-electron chi connectivity index (χ2n) is 8.97. The molecule has 1 fully saturated rings. The average molecular weight is 425 g/mol. The Bertz CT molecular complexity index is 845. The van der Waals surface area contributed by atoms with Crippen molar-refractivity contribution in [1.82, 2.24) is 9.80 Å². The minimum Gasteiger partial charge on any atom is -0.508 e. The molecule has 0 aliphatic carbocycles. The lowest BCUT2D eigenvalue weighted by Crippen LogP contribution is -2.48. The van der Waals surface area contributed by atoms with Crippen LogP contribution in [-0.4, -0.2) is 54.1 Å². The Morgan fingerprint density at radius 1 is 1.16 bits per heavy atom. The van der Waals surface area contributed by atoms with Crippen LogP contribution in [0.5, 0.6) is 11.5 Å². The first-order valence-corrected chi connectivity index (χ1v) is 11.3. The van der Waals surface area contributed by atoms with E-state index in [9.17, 15) is 9.90 Å². The van der Waals surface area contributed by atoms with Crippen LogP contribution in [0.25, 0.3) is 0 Å². The fourth-order valence-electron chi connectivity index (χ4n) is 4.60. The summed E-state index contributed by atoms with van der Waals surface area (Å²) in [6.45, 7) is 6.57. The van der Waals surface area contributed by atoms with E-state index in [0.717, 1.165) is 43.7 Å². The molecule has 2 aromatic rings. The molecule has 0 bridgehead atoms. The Hall–Kier alpha value is -2.53. The molecular weight excluding hydrogens is 388 g/mol. The molecule has 3 rings (SSSR count). The molecule has 31 heavy (non-hydrogen) atoms. The van der Waals surface area contributed by atoms with E-state index in [1.165, 1.54) is 5.56 Å². The molecule has 2 aromatic carbocycles. The van der Waals surface area contributed by atoms with Gasteiger partial charge in [0.05, 0.1) is 7.11 Å². The maximum atomic E-state index is 12.8. The number of hydrogen-bond acceptors (Lipinski definition) is 4. The van der Waals surface area contributed by atoms with Crippen LogP contribution in [0.2, 0.25) is 0 Å². The van der Waals surface area contributed by atoms with Gasteiger partial charge in [-0.25, -0.2) is 0 Å². The number of rotatable bonds is 8. The van der Waals surface area contributed by atoms with Crippen molar-refractivity contribution in [3.63, 3.8) is 0 Å². The molecule has 0 spiro atoms. The maximum absolute atomic E-state index is 12.8. The summed E-state index contributed by atoms with van der Waals surface area (Å²) in [6.07, 6.45) is 2.97. The van der Waals surface area contributed by atoms with E-state index < -0.39 is 0 Å². The highest BCUT2D eigenvalue weighted by Crippen LogP contribution is 2.30. The van der Waals surface area contributed by atoms with Gasteiger partial charge in [-0.1, -0.05) is 44.2 Å². The predicted molar refractivity (Wildman–Crippen MR) is 124 cm³/mol. The molecule has 1 saturated heterocycles. The highest BCUT2D eigenvalue weighted by atomic mass is 16.5. The fraction of sp³-hybridized carbons (Fsp3) is 0.500. The number of hydrogen-bond donors (Lipinski definition) is 1. The Morgan fingerprint density at radius 3 is 2.45 bits per heavy atom. The molecule has 0 radical (unpaired) electrons. The van der Waals surface area contributed by atoms with Gasteiger partial charge >= 0.3 is 0 Å². The van der Waals surface area contributed by atoms with Gasteiger partial charge in [0.1, 0.15) is 11.5 Å². The number of amides is 1. The largest absolute Gasteiger partial charge is 0.508 e. The monoisotopic (exact) mass is 424 g/mol. The van der Waals surface area contributed by atoms with Crippen molar-refractivity contribution >= 4 is 5.91 Å². The molecule has 1 atom stereocenters. The zero-order chi connectivity index (χ0) is 22.4. The standard InChI is InChI=1S/C26H36N2O3/c1-19(2)26(30)27(3)24(16-20-8-6-5-7-9-20)21-12-14-28(15-13-21)18-22-17-23(31-4)10-11-25(22)29/h5-11,17,19,21,24,29H,12-16,18H2,1-4H3/t24-/m1/s1. The number of carbonyl (C=O) groups excluding carboxylic acids is 1. The van der Waals surface area contributed by atoms with Gasteiger partial charge < -0.3 is 14.7 Å². The summed E-state index contributed by atoms with van der Waals surface area (Å²) in [5, 5.41) is 10.2. The molecule has 5 nitrogen and oxygen atoms in total. The number of benzene rings is 2. The molecule has 1 heterocycles. The summed E-state index contributed by atoms with van der Waals surface area (Å²) in [5.41, 5.74) is 2.17. The third kappa shape index (κ3) is 6.01. The van der Waals surface area contributed by atoms with E-state index in [1.807, 2.05) is 37.9 Å². The van der Waals surface area contributed by atoms with Crippen molar-refractivity contribution in [2.24, 2.45) is 11.8 Å². The van der Waals surface area contributed by atoms with E-state index in [1.54, 1.807) is 19.2 Å². The molecule has 5 heteroatoms. The molecule has 1 N–H and O–H groups in total. The van der Waals surface area contributed by atoms with Crippen molar-refractivity contribution in [2.45, 2.75) is 45.7 Å². The normalized spacial score (nSPS) is 16.3. The van der Waals surface area contributed by atoms with Crippen LogP contribution >= 0.6 is 0 Å². The van der Waals surface area contributed by atoms with Gasteiger partial charge in [0.25, 0.3) is 0 Å². The summed E-state index contributed by atoms with van der Waals surface area (Å²) in [6, 6.07) is 16.1. The van der Waals surface area contributed by atoms with Crippen molar-refractivity contribution in [1.29, 1.82) is 0 Å². The number of aromatic hydroxyl groups is 1. The third-order valence-electron chi connectivity index (χ3n) is 6.48. The smallest absolute Gasteiger partial charge is 0.225 e. The Morgan fingerprint density at radius 2 is 1.84 bits per heavy atom.